The van der Waals surface area contributed by atoms with Crippen molar-refractivity contribution in [3.05, 3.63) is 47.0 Å². The smallest absolute Gasteiger partial charge is 0.0297 e. The van der Waals surface area contributed by atoms with Gasteiger partial charge in [0, 0.05) is 6.04 Å². The molecular formula is C16H19N. The van der Waals surface area contributed by atoms with Gasteiger partial charge in [0.25, 0.3) is 0 Å². The number of benzene rings is 2. The molecule has 0 saturated carbocycles. The summed E-state index contributed by atoms with van der Waals surface area (Å²) in [5.74, 6) is 0. The van der Waals surface area contributed by atoms with Crippen molar-refractivity contribution in [2.45, 2.75) is 38.6 Å². The van der Waals surface area contributed by atoms with Gasteiger partial charge in [-0.1, -0.05) is 36.8 Å². The molecule has 0 unspecified atom stereocenters. The maximum atomic E-state index is 6.31. The van der Waals surface area contributed by atoms with E-state index in [4.69, 9.17) is 5.73 Å². The van der Waals surface area contributed by atoms with Crippen molar-refractivity contribution in [1.82, 2.24) is 0 Å². The molecule has 0 heterocycles. The molecule has 0 spiro atoms. The molecule has 0 aliphatic heterocycles. The second-order valence-corrected chi connectivity index (χ2v) is 5.16. The third-order valence-corrected chi connectivity index (χ3v) is 3.99. The highest BCUT2D eigenvalue weighted by Crippen LogP contribution is 2.34. The molecule has 88 valence electrons. The summed E-state index contributed by atoms with van der Waals surface area (Å²) in [5.41, 5.74) is 10.5. The van der Waals surface area contributed by atoms with Crippen LogP contribution in [0.25, 0.3) is 10.8 Å². The van der Waals surface area contributed by atoms with Crippen LogP contribution in [0.1, 0.15) is 42.0 Å². The third-order valence-electron chi connectivity index (χ3n) is 3.99. The van der Waals surface area contributed by atoms with Crippen LogP contribution in [-0.2, 0) is 6.42 Å². The first-order chi connectivity index (χ1) is 8.27. The summed E-state index contributed by atoms with van der Waals surface area (Å²) in [5, 5.41) is 2.81. The fraction of sp³-hybridized carbons (Fsp3) is 0.375. The van der Waals surface area contributed by atoms with Crippen LogP contribution in [0.5, 0.6) is 0 Å². The van der Waals surface area contributed by atoms with Gasteiger partial charge in [0.2, 0.25) is 0 Å². The number of fused-ring (bicyclic) bond motifs is 3. The Morgan fingerprint density at radius 1 is 1.12 bits per heavy atom. The average molecular weight is 225 g/mol. The highest BCUT2D eigenvalue weighted by Gasteiger charge is 2.18. The summed E-state index contributed by atoms with van der Waals surface area (Å²) in [6, 6.07) is 11.3. The first kappa shape index (κ1) is 10.8. The van der Waals surface area contributed by atoms with E-state index in [1.807, 2.05) is 0 Å². The second kappa shape index (κ2) is 4.15. The summed E-state index contributed by atoms with van der Waals surface area (Å²) < 4.78 is 0. The van der Waals surface area contributed by atoms with Gasteiger partial charge in [-0.25, -0.2) is 0 Å². The van der Waals surface area contributed by atoms with E-state index in [0.717, 1.165) is 6.42 Å². The van der Waals surface area contributed by atoms with Crippen molar-refractivity contribution in [2.75, 3.05) is 0 Å². The van der Waals surface area contributed by atoms with E-state index < -0.39 is 0 Å². The Balaban J connectivity index is 2.34. The van der Waals surface area contributed by atoms with Crippen molar-refractivity contribution in [3.63, 3.8) is 0 Å². The lowest BCUT2D eigenvalue weighted by Gasteiger charge is -2.17. The van der Waals surface area contributed by atoms with Crippen molar-refractivity contribution in [2.24, 2.45) is 5.73 Å². The van der Waals surface area contributed by atoms with E-state index in [0.29, 0.717) is 0 Å². The zero-order valence-electron chi connectivity index (χ0n) is 10.4. The molecule has 0 fully saturated rings. The minimum absolute atomic E-state index is 0.232. The molecule has 1 nitrogen and oxygen atoms in total. The first-order valence-corrected chi connectivity index (χ1v) is 6.54. The topological polar surface area (TPSA) is 26.0 Å². The van der Waals surface area contributed by atoms with Crippen LogP contribution in [0.2, 0.25) is 0 Å². The van der Waals surface area contributed by atoms with Gasteiger partial charge in [-0.2, -0.15) is 0 Å². The SMILES string of the molecule is Cc1cc2c(c3ccccc13)CCCC[C@H]2N. The van der Waals surface area contributed by atoms with E-state index in [1.54, 1.807) is 0 Å². The molecule has 1 atom stereocenters. The molecule has 0 amide bonds. The van der Waals surface area contributed by atoms with Crippen LogP contribution in [0, 0.1) is 6.92 Å². The van der Waals surface area contributed by atoms with Gasteiger partial charge in [-0.15, -0.1) is 0 Å². The summed E-state index contributed by atoms with van der Waals surface area (Å²) in [4.78, 5) is 0. The van der Waals surface area contributed by atoms with Crippen LogP contribution in [0.15, 0.2) is 30.3 Å². The Kier molecular flexibility index (Phi) is 2.64. The molecule has 1 aliphatic rings. The minimum atomic E-state index is 0.232. The second-order valence-electron chi connectivity index (χ2n) is 5.16. The van der Waals surface area contributed by atoms with Gasteiger partial charge in [0.1, 0.15) is 0 Å². The molecule has 2 aromatic carbocycles. The van der Waals surface area contributed by atoms with Gasteiger partial charge in [-0.05, 0) is 53.6 Å². The third kappa shape index (κ3) is 1.75. The Hall–Kier alpha value is -1.34. The molecular weight excluding hydrogens is 206 g/mol. The molecule has 2 N–H and O–H groups in total. The van der Waals surface area contributed by atoms with E-state index in [1.165, 1.54) is 46.7 Å². The summed E-state index contributed by atoms with van der Waals surface area (Å²) >= 11 is 0. The highest BCUT2D eigenvalue weighted by atomic mass is 14.6. The fourth-order valence-corrected chi connectivity index (χ4v) is 3.08. The molecule has 0 saturated heterocycles. The number of hydrogen-bond donors (Lipinski definition) is 1. The lowest BCUT2D eigenvalue weighted by molar-refractivity contribution is 0.615. The number of nitrogens with two attached hydrogens (primary N) is 1. The molecule has 0 aromatic heterocycles. The van der Waals surface area contributed by atoms with E-state index >= 15 is 0 Å². The molecule has 0 bridgehead atoms. The van der Waals surface area contributed by atoms with E-state index in [9.17, 15) is 0 Å². The summed E-state index contributed by atoms with van der Waals surface area (Å²) in [6.07, 6.45) is 4.84. The molecule has 1 heteroatoms. The standard InChI is InChI=1S/C16H19N/c1-11-10-15-14(8-4-5-9-16(15)17)13-7-3-2-6-12(11)13/h2-3,6-7,10,16H,4-5,8-9,17H2,1H3/t16-/m1/s1. The van der Waals surface area contributed by atoms with Crippen LogP contribution in [0.3, 0.4) is 0 Å². The molecule has 2 aromatic rings. The zero-order valence-corrected chi connectivity index (χ0v) is 10.4. The Morgan fingerprint density at radius 3 is 2.71 bits per heavy atom. The number of hydrogen-bond acceptors (Lipinski definition) is 1. The normalized spacial score (nSPS) is 20.0. The van der Waals surface area contributed by atoms with Crippen molar-refractivity contribution in [1.29, 1.82) is 0 Å². The van der Waals surface area contributed by atoms with Crippen molar-refractivity contribution >= 4 is 10.8 Å². The zero-order chi connectivity index (χ0) is 11.8. The fourth-order valence-electron chi connectivity index (χ4n) is 3.08. The van der Waals surface area contributed by atoms with E-state index in [-0.39, 0.29) is 6.04 Å². The molecule has 17 heavy (non-hydrogen) atoms. The highest BCUT2D eigenvalue weighted by molar-refractivity contribution is 5.89. The lowest BCUT2D eigenvalue weighted by atomic mass is 9.91. The summed E-state index contributed by atoms with van der Waals surface area (Å²) in [7, 11) is 0. The lowest BCUT2D eigenvalue weighted by Crippen LogP contribution is -2.11. The first-order valence-electron chi connectivity index (χ1n) is 6.54. The predicted octanol–water partition coefficient (Wildman–Crippen LogP) is 3.87. The van der Waals surface area contributed by atoms with Crippen LogP contribution in [-0.4, -0.2) is 0 Å². The van der Waals surface area contributed by atoms with Crippen LogP contribution < -0.4 is 5.73 Å². The molecule has 3 rings (SSSR count). The Labute approximate surface area is 103 Å². The Bertz CT molecular complexity index is 557. The van der Waals surface area contributed by atoms with Crippen molar-refractivity contribution < 1.29 is 0 Å². The van der Waals surface area contributed by atoms with Gasteiger partial charge in [0.05, 0.1) is 0 Å². The average Bonchev–Trinajstić information content (AvgIpc) is 2.53. The van der Waals surface area contributed by atoms with Crippen LogP contribution >= 0.6 is 0 Å². The number of aryl methyl sites for hydroxylation is 2. The van der Waals surface area contributed by atoms with Gasteiger partial charge in [0.15, 0.2) is 0 Å². The van der Waals surface area contributed by atoms with Gasteiger partial charge >= 0.3 is 0 Å². The quantitative estimate of drug-likeness (QED) is 0.677. The number of rotatable bonds is 0. The van der Waals surface area contributed by atoms with Gasteiger partial charge in [-0.3, -0.25) is 0 Å². The largest absolute Gasteiger partial charge is 0.324 e. The minimum Gasteiger partial charge on any atom is -0.324 e. The predicted molar refractivity (Wildman–Crippen MR) is 73.2 cm³/mol. The van der Waals surface area contributed by atoms with Crippen LogP contribution in [0.4, 0.5) is 0 Å². The maximum Gasteiger partial charge on any atom is 0.0297 e. The monoisotopic (exact) mass is 225 g/mol. The van der Waals surface area contributed by atoms with Gasteiger partial charge < -0.3 is 5.73 Å². The van der Waals surface area contributed by atoms with Crippen molar-refractivity contribution in [3.8, 4) is 0 Å². The summed E-state index contributed by atoms with van der Waals surface area (Å²) in [6.45, 7) is 2.19. The van der Waals surface area contributed by atoms with E-state index in [2.05, 4.69) is 37.3 Å². The Morgan fingerprint density at radius 2 is 1.88 bits per heavy atom. The molecule has 1 aliphatic carbocycles. The molecule has 0 radical (unpaired) electrons. The maximum absolute atomic E-state index is 6.31.